The molecular formula is C56H44N2. The van der Waals surface area contributed by atoms with Gasteiger partial charge >= 0.3 is 0 Å². The standard InChI is InChI=1S/C56H44N2/c1-39-15-14-21-46(35-39)58(55-37-42-16-10-11-22-48(42)49-23-12-13-24-52(49)55)47-32-34-51-50-33-29-41(36-53(50)56(2,3)54(51)38-47)26-25-40-27-30-45(31-28-40)57(43-17-6-4-7-18-43)44-19-8-5-9-20-44/h4-38H,1-3H3. The van der Waals surface area contributed by atoms with Crippen molar-refractivity contribution in [3.05, 3.63) is 228 Å². The van der Waals surface area contributed by atoms with Gasteiger partial charge in [-0.3, -0.25) is 0 Å². The van der Waals surface area contributed by atoms with Crippen molar-refractivity contribution >= 4 is 67.8 Å². The number of fused-ring (bicyclic) bond motifs is 6. The minimum absolute atomic E-state index is 0.186. The molecule has 10 rings (SSSR count). The molecule has 0 amide bonds. The van der Waals surface area contributed by atoms with Crippen LogP contribution in [0.2, 0.25) is 0 Å². The quantitative estimate of drug-likeness (QED) is 0.113. The summed E-state index contributed by atoms with van der Waals surface area (Å²) < 4.78 is 0. The van der Waals surface area contributed by atoms with Crippen LogP contribution in [0.5, 0.6) is 0 Å². The summed E-state index contributed by atoms with van der Waals surface area (Å²) in [4.78, 5) is 4.75. The summed E-state index contributed by atoms with van der Waals surface area (Å²) in [5, 5.41) is 5.01. The van der Waals surface area contributed by atoms with Gasteiger partial charge in [-0.2, -0.15) is 0 Å². The average Bonchev–Trinajstić information content (AvgIpc) is 3.49. The fourth-order valence-electron chi connectivity index (χ4n) is 8.93. The van der Waals surface area contributed by atoms with Crippen molar-refractivity contribution in [2.24, 2.45) is 0 Å². The molecule has 0 saturated heterocycles. The fraction of sp³-hybridized carbons (Fsp3) is 0.0714. The van der Waals surface area contributed by atoms with E-state index in [4.69, 9.17) is 0 Å². The van der Waals surface area contributed by atoms with Crippen LogP contribution in [0.1, 0.15) is 41.7 Å². The molecule has 9 aromatic rings. The van der Waals surface area contributed by atoms with Crippen LogP contribution in [0.4, 0.5) is 34.1 Å². The number of aryl methyl sites for hydroxylation is 1. The van der Waals surface area contributed by atoms with E-state index in [0.717, 1.165) is 34.0 Å². The van der Waals surface area contributed by atoms with Crippen LogP contribution in [0.3, 0.4) is 0 Å². The van der Waals surface area contributed by atoms with E-state index in [2.05, 4.69) is 243 Å². The summed E-state index contributed by atoms with van der Waals surface area (Å²) in [6.45, 7) is 6.93. The monoisotopic (exact) mass is 744 g/mol. The molecule has 0 bridgehead atoms. The highest BCUT2D eigenvalue weighted by Gasteiger charge is 2.36. The van der Waals surface area contributed by atoms with Crippen molar-refractivity contribution in [3.63, 3.8) is 0 Å². The smallest absolute Gasteiger partial charge is 0.0546 e. The Labute approximate surface area is 341 Å². The summed E-state index contributed by atoms with van der Waals surface area (Å²) in [6.07, 6.45) is 4.47. The Hall–Kier alpha value is -7.16. The Balaban J connectivity index is 0.989. The highest BCUT2D eigenvalue weighted by molar-refractivity contribution is 6.14. The zero-order valence-corrected chi connectivity index (χ0v) is 33.1. The zero-order chi connectivity index (χ0) is 39.2. The Morgan fingerprint density at radius 3 is 1.60 bits per heavy atom. The van der Waals surface area contributed by atoms with Gasteiger partial charge in [0, 0.05) is 39.2 Å². The lowest BCUT2D eigenvalue weighted by Crippen LogP contribution is -2.17. The molecule has 0 N–H and O–H groups in total. The van der Waals surface area contributed by atoms with E-state index < -0.39 is 0 Å². The van der Waals surface area contributed by atoms with Crippen LogP contribution in [0.25, 0.3) is 44.8 Å². The van der Waals surface area contributed by atoms with Crippen molar-refractivity contribution < 1.29 is 0 Å². The van der Waals surface area contributed by atoms with Crippen molar-refractivity contribution in [1.82, 2.24) is 0 Å². The molecule has 9 aromatic carbocycles. The lowest BCUT2D eigenvalue weighted by Gasteiger charge is -2.29. The molecule has 0 atom stereocenters. The third kappa shape index (κ3) is 6.24. The van der Waals surface area contributed by atoms with Gasteiger partial charge in [-0.25, -0.2) is 0 Å². The van der Waals surface area contributed by atoms with Crippen LogP contribution in [0.15, 0.2) is 200 Å². The molecule has 58 heavy (non-hydrogen) atoms. The van der Waals surface area contributed by atoms with Gasteiger partial charge in [0.25, 0.3) is 0 Å². The van der Waals surface area contributed by atoms with Crippen LogP contribution < -0.4 is 9.80 Å². The van der Waals surface area contributed by atoms with Gasteiger partial charge in [0.2, 0.25) is 0 Å². The Morgan fingerprint density at radius 1 is 0.379 bits per heavy atom. The van der Waals surface area contributed by atoms with Gasteiger partial charge in [-0.15, -0.1) is 0 Å². The summed E-state index contributed by atoms with van der Waals surface area (Å²) in [5.74, 6) is 0. The second-order valence-electron chi connectivity index (χ2n) is 15.9. The second-order valence-corrected chi connectivity index (χ2v) is 15.9. The first kappa shape index (κ1) is 35.3. The highest BCUT2D eigenvalue weighted by atomic mass is 15.1. The number of anilines is 6. The maximum atomic E-state index is 2.46. The second kappa shape index (κ2) is 14.4. The maximum Gasteiger partial charge on any atom is 0.0546 e. The zero-order valence-electron chi connectivity index (χ0n) is 33.1. The van der Waals surface area contributed by atoms with Gasteiger partial charge in [0.15, 0.2) is 0 Å². The van der Waals surface area contributed by atoms with Crippen molar-refractivity contribution in [2.75, 3.05) is 9.80 Å². The van der Waals surface area contributed by atoms with Crippen LogP contribution >= 0.6 is 0 Å². The Bertz CT molecular complexity index is 2940. The van der Waals surface area contributed by atoms with Crippen molar-refractivity contribution in [3.8, 4) is 11.1 Å². The molecule has 0 spiro atoms. The Morgan fingerprint density at radius 2 is 0.897 bits per heavy atom. The number of hydrogen-bond donors (Lipinski definition) is 0. The number of nitrogens with zero attached hydrogens (tertiary/aromatic N) is 2. The van der Waals surface area contributed by atoms with E-state index in [0.29, 0.717) is 0 Å². The molecule has 0 aromatic heterocycles. The molecule has 0 unspecified atom stereocenters. The SMILES string of the molecule is Cc1cccc(N(c2ccc3c(c2)C(C)(C)c2cc(C=Cc4ccc(N(c5ccccc5)c5ccccc5)cc4)ccc2-3)c2cc3ccccc3c3ccccc23)c1. The largest absolute Gasteiger partial charge is 0.311 e. The molecule has 1 aliphatic rings. The number of hydrogen-bond acceptors (Lipinski definition) is 2. The minimum Gasteiger partial charge on any atom is -0.311 e. The van der Waals surface area contributed by atoms with Gasteiger partial charge in [0.05, 0.1) is 5.69 Å². The average molecular weight is 745 g/mol. The summed E-state index contributed by atoms with van der Waals surface area (Å²) in [7, 11) is 0. The lowest BCUT2D eigenvalue weighted by atomic mass is 9.81. The van der Waals surface area contributed by atoms with E-state index in [9.17, 15) is 0 Å². The predicted octanol–water partition coefficient (Wildman–Crippen LogP) is 15.7. The predicted molar refractivity (Wildman–Crippen MR) is 248 cm³/mol. The molecule has 0 aliphatic heterocycles. The molecule has 0 saturated carbocycles. The maximum absolute atomic E-state index is 2.46. The van der Waals surface area contributed by atoms with Gasteiger partial charge in [0.1, 0.15) is 0 Å². The fourth-order valence-corrected chi connectivity index (χ4v) is 8.93. The molecule has 1 aliphatic carbocycles. The number of benzene rings is 9. The first-order valence-electron chi connectivity index (χ1n) is 20.2. The van der Waals surface area contributed by atoms with E-state index in [1.54, 1.807) is 0 Å². The van der Waals surface area contributed by atoms with Crippen molar-refractivity contribution in [2.45, 2.75) is 26.2 Å². The van der Waals surface area contributed by atoms with Crippen molar-refractivity contribution in [1.29, 1.82) is 0 Å². The van der Waals surface area contributed by atoms with E-state index in [-0.39, 0.29) is 5.41 Å². The molecule has 2 nitrogen and oxygen atoms in total. The molecule has 2 heteroatoms. The van der Waals surface area contributed by atoms with Gasteiger partial charge in [-0.05, 0) is 129 Å². The normalized spacial score (nSPS) is 12.8. The van der Waals surface area contributed by atoms with Gasteiger partial charge < -0.3 is 9.80 Å². The summed E-state index contributed by atoms with van der Waals surface area (Å²) >= 11 is 0. The molecule has 0 radical (unpaired) electrons. The van der Waals surface area contributed by atoms with Gasteiger partial charge in [-0.1, -0.05) is 159 Å². The first-order chi connectivity index (χ1) is 28.4. The highest BCUT2D eigenvalue weighted by Crippen LogP contribution is 2.52. The lowest BCUT2D eigenvalue weighted by molar-refractivity contribution is 0.660. The summed E-state index contributed by atoms with van der Waals surface area (Å²) in [6, 6.07) is 72.8. The topological polar surface area (TPSA) is 6.48 Å². The summed E-state index contributed by atoms with van der Waals surface area (Å²) in [5.41, 5.74) is 15.6. The Kier molecular flexibility index (Phi) is 8.76. The van der Waals surface area contributed by atoms with Crippen LogP contribution in [-0.2, 0) is 5.41 Å². The molecule has 278 valence electrons. The third-order valence-corrected chi connectivity index (χ3v) is 11.8. The van der Waals surface area contributed by atoms with E-state index in [1.165, 1.54) is 60.6 Å². The molecule has 0 fully saturated rings. The minimum atomic E-state index is -0.186. The van der Waals surface area contributed by atoms with Crippen LogP contribution in [-0.4, -0.2) is 0 Å². The number of rotatable bonds is 8. The number of para-hydroxylation sites is 2. The van der Waals surface area contributed by atoms with E-state index >= 15 is 0 Å². The molecular weight excluding hydrogens is 701 g/mol. The van der Waals surface area contributed by atoms with Crippen LogP contribution in [0, 0.1) is 6.92 Å². The first-order valence-corrected chi connectivity index (χ1v) is 20.2. The third-order valence-electron chi connectivity index (χ3n) is 11.8. The van der Waals surface area contributed by atoms with E-state index in [1.807, 2.05) is 0 Å². The molecule has 0 heterocycles.